The van der Waals surface area contributed by atoms with E-state index in [4.69, 9.17) is 4.74 Å². The van der Waals surface area contributed by atoms with Crippen LogP contribution in [0.3, 0.4) is 0 Å². The highest BCUT2D eigenvalue weighted by atomic mass is 79.9. The molecule has 1 N–H and O–H groups in total. The molecule has 0 saturated heterocycles. The third kappa shape index (κ3) is 4.70. The summed E-state index contributed by atoms with van der Waals surface area (Å²) in [5, 5.41) is 3.94. The predicted molar refractivity (Wildman–Crippen MR) is 91.1 cm³/mol. The van der Waals surface area contributed by atoms with Gasteiger partial charge in [-0.2, -0.15) is 5.10 Å². The Balaban J connectivity index is 1.89. The number of nitrogens with zero attached hydrogens (tertiary/aromatic N) is 1. The minimum atomic E-state index is -0.645. The summed E-state index contributed by atoms with van der Waals surface area (Å²) in [4.78, 5) is 11.9. The van der Waals surface area contributed by atoms with E-state index in [9.17, 15) is 4.79 Å². The fraction of sp³-hybridized carbons (Fsp3) is 0.176. The molecule has 0 aliphatic heterocycles. The van der Waals surface area contributed by atoms with Crippen molar-refractivity contribution in [2.75, 3.05) is 0 Å². The highest BCUT2D eigenvalue weighted by Gasteiger charge is 2.14. The lowest BCUT2D eigenvalue weighted by atomic mass is 10.2. The second-order valence-electron chi connectivity index (χ2n) is 4.84. The average molecular weight is 361 g/mol. The van der Waals surface area contributed by atoms with Crippen LogP contribution in [0.15, 0.2) is 58.1 Å². The summed E-state index contributed by atoms with van der Waals surface area (Å²) in [5.41, 5.74) is 4.57. The summed E-state index contributed by atoms with van der Waals surface area (Å²) in [6, 6.07) is 15.2. The summed E-state index contributed by atoms with van der Waals surface area (Å²) in [5.74, 6) is 0.312. The summed E-state index contributed by atoms with van der Waals surface area (Å²) in [6.07, 6.45) is 0.955. The third-order valence-corrected chi connectivity index (χ3v) is 3.63. The van der Waals surface area contributed by atoms with Crippen LogP contribution in [0.2, 0.25) is 0 Å². The highest BCUT2D eigenvalue weighted by Crippen LogP contribution is 2.24. The number of carbonyl (C=O) groups is 1. The number of halogens is 1. The second-order valence-corrected chi connectivity index (χ2v) is 5.69. The number of hydrogen-bond acceptors (Lipinski definition) is 3. The maximum absolute atomic E-state index is 11.9. The van der Waals surface area contributed by atoms with Crippen LogP contribution in [0, 0.1) is 6.92 Å². The Morgan fingerprint density at radius 2 is 1.91 bits per heavy atom. The van der Waals surface area contributed by atoms with Gasteiger partial charge < -0.3 is 4.74 Å². The monoisotopic (exact) mass is 360 g/mol. The molecule has 0 fully saturated rings. The van der Waals surface area contributed by atoms with Crippen LogP contribution in [-0.2, 0) is 4.79 Å². The number of amides is 1. The van der Waals surface area contributed by atoms with Crippen LogP contribution in [0.1, 0.15) is 18.1 Å². The fourth-order valence-electron chi connectivity index (χ4n) is 1.70. The van der Waals surface area contributed by atoms with Crippen molar-refractivity contribution in [1.82, 2.24) is 5.43 Å². The number of carbonyl (C=O) groups excluding carboxylic acids is 1. The van der Waals surface area contributed by atoms with E-state index < -0.39 is 6.10 Å². The molecule has 114 valence electrons. The SMILES string of the molecule is Cc1ccc(C=NNC(=O)C(C)Oc2ccccc2Br)cc1. The Hall–Kier alpha value is -2.14. The Kier molecular flexibility index (Phi) is 5.72. The highest BCUT2D eigenvalue weighted by molar-refractivity contribution is 9.10. The van der Waals surface area contributed by atoms with Gasteiger partial charge in [-0.1, -0.05) is 42.0 Å². The molecule has 0 aliphatic rings. The molecule has 4 nitrogen and oxygen atoms in total. The Labute approximate surface area is 138 Å². The van der Waals surface area contributed by atoms with Crippen LogP contribution in [0.25, 0.3) is 0 Å². The summed E-state index contributed by atoms with van der Waals surface area (Å²) < 4.78 is 6.40. The first-order valence-electron chi connectivity index (χ1n) is 6.87. The van der Waals surface area contributed by atoms with Gasteiger partial charge in [0.15, 0.2) is 6.10 Å². The molecule has 0 saturated carbocycles. The lowest BCUT2D eigenvalue weighted by Gasteiger charge is -2.13. The van der Waals surface area contributed by atoms with Gasteiger partial charge in [0.05, 0.1) is 10.7 Å². The molecule has 0 radical (unpaired) electrons. The summed E-state index contributed by atoms with van der Waals surface area (Å²) in [7, 11) is 0. The van der Waals surface area contributed by atoms with Gasteiger partial charge in [0.1, 0.15) is 5.75 Å². The van der Waals surface area contributed by atoms with E-state index in [1.165, 1.54) is 5.56 Å². The summed E-state index contributed by atoms with van der Waals surface area (Å²) >= 11 is 3.38. The molecule has 0 spiro atoms. The van der Waals surface area contributed by atoms with Gasteiger partial charge in [0, 0.05) is 0 Å². The largest absolute Gasteiger partial charge is 0.480 e. The molecule has 2 rings (SSSR count). The molecule has 5 heteroatoms. The van der Waals surface area contributed by atoms with Gasteiger partial charge >= 0.3 is 0 Å². The van der Waals surface area contributed by atoms with Gasteiger partial charge in [-0.15, -0.1) is 0 Å². The summed E-state index contributed by atoms with van der Waals surface area (Å²) in [6.45, 7) is 3.69. The predicted octanol–water partition coefficient (Wildman–Crippen LogP) is 3.68. The van der Waals surface area contributed by atoms with E-state index in [2.05, 4.69) is 26.5 Å². The number of rotatable bonds is 5. The van der Waals surface area contributed by atoms with Gasteiger partial charge in [0.2, 0.25) is 0 Å². The minimum absolute atomic E-state index is 0.306. The standard InChI is InChI=1S/C17H17BrN2O2/c1-12-7-9-14(10-8-12)11-19-20-17(21)13(2)22-16-6-4-3-5-15(16)18/h3-11,13H,1-2H3,(H,20,21). The normalized spacial score (nSPS) is 12.1. The van der Waals surface area contributed by atoms with Crippen molar-refractivity contribution in [3.05, 3.63) is 64.1 Å². The molecule has 0 aliphatic carbocycles. The zero-order valence-corrected chi connectivity index (χ0v) is 14.0. The lowest BCUT2D eigenvalue weighted by Crippen LogP contribution is -2.33. The van der Waals surface area contributed by atoms with Crippen molar-refractivity contribution in [1.29, 1.82) is 0 Å². The van der Waals surface area contributed by atoms with Crippen LogP contribution < -0.4 is 10.2 Å². The molecule has 2 aromatic rings. The smallest absolute Gasteiger partial charge is 0.280 e. The van der Waals surface area contributed by atoms with E-state index in [1.807, 2.05) is 49.4 Å². The van der Waals surface area contributed by atoms with Gasteiger partial charge in [-0.25, -0.2) is 5.43 Å². The lowest BCUT2D eigenvalue weighted by molar-refractivity contribution is -0.127. The Morgan fingerprint density at radius 1 is 1.23 bits per heavy atom. The van der Waals surface area contributed by atoms with Gasteiger partial charge in [0.25, 0.3) is 5.91 Å². The molecule has 22 heavy (non-hydrogen) atoms. The molecule has 0 heterocycles. The van der Waals surface area contributed by atoms with E-state index >= 15 is 0 Å². The number of hydrogen-bond donors (Lipinski definition) is 1. The number of hydrazone groups is 1. The molecule has 1 amide bonds. The zero-order valence-electron chi connectivity index (χ0n) is 12.4. The van der Waals surface area contributed by atoms with E-state index in [0.29, 0.717) is 5.75 Å². The molecule has 0 aromatic heterocycles. The van der Waals surface area contributed by atoms with Crippen molar-refractivity contribution in [3.63, 3.8) is 0 Å². The van der Waals surface area contributed by atoms with Crippen molar-refractivity contribution in [2.24, 2.45) is 5.10 Å². The second kappa shape index (κ2) is 7.75. The first kappa shape index (κ1) is 16.2. The maximum Gasteiger partial charge on any atom is 0.280 e. The third-order valence-electron chi connectivity index (χ3n) is 2.98. The van der Waals surface area contributed by atoms with Crippen LogP contribution in [-0.4, -0.2) is 18.2 Å². The number of ether oxygens (including phenoxy) is 1. The van der Waals surface area contributed by atoms with Crippen LogP contribution in [0.5, 0.6) is 5.75 Å². The number of aryl methyl sites for hydroxylation is 1. The quantitative estimate of drug-likeness (QED) is 0.653. The van der Waals surface area contributed by atoms with Gasteiger partial charge in [-0.3, -0.25) is 4.79 Å². The van der Waals surface area contributed by atoms with Crippen LogP contribution in [0.4, 0.5) is 0 Å². The van der Waals surface area contributed by atoms with E-state index in [1.54, 1.807) is 19.2 Å². The number of nitrogens with one attached hydrogen (secondary N) is 1. The molecular weight excluding hydrogens is 344 g/mol. The number of benzene rings is 2. The zero-order chi connectivity index (χ0) is 15.9. The van der Waals surface area contributed by atoms with Crippen molar-refractivity contribution < 1.29 is 9.53 Å². The van der Waals surface area contributed by atoms with Gasteiger partial charge in [-0.05, 0) is 47.5 Å². The maximum atomic E-state index is 11.9. The first-order chi connectivity index (χ1) is 10.6. The van der Waals surface area contributed by atoms with E-state index in [-0.39, 0.29) is 5.91 Å². The molecule has 1 unspecified atom stereocenters. The van der Waals surface area contributed by atoms with Crippen molar-refractivity contribution in [3.8, 4) is 5.75 Å². The Morgan fingerprint density at radius 3 is 2.59 bits per heavy atom. The van der Waals surface area contributed by atoms with Crippen molar-refractivity contribution in [2.45, 2.75) is 20.0 Å². The topological polar surface area (TPSA) is 50.7 Å². The molecule has 2 aromatic carbocycles. The molecular formula is C17H17BrN2O2. The number of para-hydroxylation sites is 1. The average Bonchev–Trinajstić information content (AvgIpc) is 2.51. The molecule has 1 atom stereocenters. The fourth-order valence-corrected chi connectivity index (χ4v) is 2.08. The van der Waals surface area contributed by atoms with E-state index in [0.717, 1.165) is 10.0 Å². The van der Waals surface area contributed by atoms with Crippen molar-refractivity contribution >= 4 is 28.1 Å². The first-order valence-corrected chi connectivity index (χ1v) is 7.66. The molecule has 0 bridgehead atoms. The Bertz CT molecular complexity index is 669. The minimum Gasteiger partial charge on any atom is -0.480 e. The van der Waals surface area contributed by atoms with Crippen LogP contribution >= 0.6 is 15.9 Å².